The van der Waals surface area contributed by atoms with Gasteiger partial charge in [-0.15, -0.1) is 0 Å². The normalized spacial score (nSPS) is 28.0. The number of nitrogens with zero attached hydrogens (tertiary/aromatic N) is 6. The minimum atomic E-state index is -1.44. The Kier molecular flexibility index (Phi) is 6.54. The summed E-state index contributed by atoms with van der Waals surface area (Å²) in [4.78, 5) is 57.7. The highest BCUT2D eigenvalue weighted by Crippen LogP contribution is 2.32. The number of urea groups is 1. The van der Waals surface area contributed by atoms with Crippen LogP contribution in [0.1, 0.15) is 18.9 Å². The molecule has 0 radical (unpaired) electrons. The largest absolute Gasteiger partial charge is 0.394 e. The van der Waals surface area contributed by atoms with Crippen LogP contribution < -0.4 is 33.2 Å². The Balaban J connectivity index is 1.10. The summed E-state index contributed by atoms with van der Waals surface area (Å²) < 4.78 is 14.4. The van der Waals surface area contributed by atoms with Crippen LogP contribution in [-0.2, 0) is 9.47 Å². The number of nitrogens with two attached hydrogens (primary N) is 2. The van der Waals surface area contributed by atoms with Gasteiger partial charge in [0.15, 0.2) is 28.6 Å². The van der Waals surface area contributed by atoms with Crippen LogP contribution in [0.15, 0.2) is 22.2 Å². The van der Waals surface area contributed by atoms with Gasteiger partial charge in [0, 0.05) is 13.0 Å². The molecular formula is C21H26N12O8. The van der Waals surface area contributed by atoms with Crippen molar-refractivity contribution in [2.45, 2.75) is 49.3 Å². The smallest absolute Gasteiger partial charge is 0.315 e. The van der Waals surface area contributed by atoms with Crippen LogP contribution in [0.2, 0.25) is 0 Å². The number of ether oxygens (including phenoxy) is 2. The predicted octanol–water partition coefficient (Wildman–Crippen LogP) is -4.02. The fourth-order valence-corrected chi connectivity index (χ4v) is 5.05. The number of nitrogens with one attached hydrogen (secondary N) is 4. The molecule has 41 heavy (non-hydrogen) atoms. The van der Waals surface area contributed by atoms with E-state index in [2.05, 4.69) is 40.5 Å². The average Bonchev–Trinajstić information content (AvgIpc) is 3.69. The fourth-order valence-electron chi connectivity index (χ4n) is 5.05. The molecule has 2 aliphatic rings. The van der Waals surface area contributed by atoms with E-state index in [9.17, 15) is 29.7 Å². The second-order valence-electron chi connectivity index (χ2n) is 9.61. The van der Waals surface area contributed by atoms with E-state index < -0.39 is 66.7 Å². The first kappa shape index (κ1) is 26.6. The zero-order valence-corrected chi connectivity index (χ0v) is 21.0. The van der Waals surface area contributed by atoms with Gasteiger partial charge in [0.2, 0.25) is 11.9 Å². The Morgan fingerprint density at radius 3 is 2.22 bits per heavy atom. The number of aliphatic hydroxyl groups is 3. The Morgan fingerprint density at radius 1 is 0.976 bits per heavy atom. The molecular weight excluding hydrogens is 548 g/mol. The molecule has 7 atom stereocenters. The number of aromatic nitrogens is 8. The van der Waals surface area contributed by atoms with Crippen molar-refractivity contribution in [1.29, 1.82) is 0 Å². The summed E-state index contributed by atoms with van der Waals surface area (Å²) in [6.07, 6.45) is -3.77. The van der Waals surface area contributed by atoms with Gasteiger partial charge >= 0.3 is 6.03 Å². The van der Waals surface area contributed by atoms with Gasteiger partial charge in [-0.3, -0.25) is 28.7 Å². The molecule has 2 fully saturated rings. The number of carbonyl (C=O) groups excluding carboxylic acids is 1. The Labute approximate surface area is 227 Å². The molecule has 0 spiro atoms. The minimum Gasteiger partial charge on any atom is -0.394 e. The second-order valence-corrected chi connectivity index (χ2v) is 9.61. The van der Waals surface area contributed by atoms with E-state index in [1.165, 1.54) is 21.8 Å². The maximum Gasteiger partial charge on any atom is 0.315 e. The third-order valence-electron chi connectivity index (χ3n) is 7.02. The van der Waals surface area contributed by atoms with Gasteiger partial charge in [-0.2, -0.15) is 9.97 Å². The molecule has 20 nitrogen and oxygen atoms in total. The van der Waals surface area contributed by atoms with Gasteiger partial charge in [0.1, 0.15) is 30.6 Å². The van der Waals surface area contributed by atoms with Gasteiger partial charge in [0.05, 0.1) is 25.3 Å². The number of aromatic amines is 2. The van der Waals surface area contributed by atoms with E-state index in [0.29, 0.717) is 0 Å². The van der Waals surface area contributed by atoms with Crippen molar-refractivity contribution in [3.05, 3.63) is 33.4 Å². The second kappa shape index (κ2) is 10.1. The predicted molar refractivity (Wildman–Crippen MR) is 137 cm³/mol. The molecule has 6 heterocycles. The molecule has 2 saturated heterocycles. The van der Waals surface area contributed by atoms with Crippen molar-refractivity contribution in [2.24, 2.45) is 0 Å². The molecule has 0 saturated carbocycles. The molecule has 11 N–H and O–H groups in total. The standard InChI is InChI=1S/C21H26N12O8/c22-19-28-14-10(16(37)30-19)25-4-32(14)9-1-6(8(3-34)40-9)27-21(39)24-2-7-12(35)13(36)18(41-7)33-5-26-11-15(33)29-20(23)31-17(11)38/h4-9,12-13,18,34-36H,1-3H2,(H2,24,27,39)(H3,22,28,30,37)(H3,23,29,31,38)/t6-,7+,8+,9+,12-,13+,18+/m0/s1. The number of hydrogen-bond acceptors (Lipinski definition) is 14. The Morgan fingerprint density at radius 2 is 1.59 bits per heavy atom. The molecule has 20 heteroatoms. The molecule has 218 valence electrons. The maximum atomic E-state index is 12.7. The summed E-state index contributed by atoms with van der Waals surface area (Å²) in [7, 11) is 0. The fraction of sp³-hybridized carbons (Fsp3) is 0.476. The first-order valence-electron chi connectivity index (χ1n) is 12.4. The van der Waals surface area contributed by atoms with Crippen LogP contribution in [0.3, 0.4) is 0 Å². The van der Waals surface area contributed by atoms with Crippen LogP contribution in [0.4, 0.5) is 16.7 Å². The summed E-state index contributed by atoms with van der Waals surface area (Å²) in [5, 5.41) is 36.3. The topological polar surface area (TPSA) is 299 Å². The molecule has 0 bridgehead atoms. The molecule has 0 aliphatic carbocycles. The number of hydrogen-bond donors (Lipinski definition) is 9. The molecule has 4 aromatic heterocycles. The lowest BCUT2D eigenvalue weighted by Gasteiger charge is -2.20. The summed E-state index contributed by atoms with van der Waals surface area (Å²) in [5.74, 6) is -0.268. The van der Waals surface area contributed by atoms with Crippen LogP contribution >= 0.6 is 0 Å². The van der Waals surface area contributed by atoms with Gasteiger partial charge in [-0.05, 0) is 0 Å². The lowest BCUT2D eigenvalue weighted by atomic mass is 10.1. The molecule has 6 rings (SSSR count). The first-order valence-corrected chi connectivity index (χ1v) is 12.4. The number of rotatable bonds is 6. The molecule has 4 aromatic rings. The highest BCUT2D eigenvalue weighted by Gasteiger charge is 2.45. The van der Waals surface area contributed by atoms with Crippen molar-refractivity contribution < 1.29 is 29.6 Å². The van der Waals surface area contributed by atoms with Crippen molar-refractivity contribution in [3.8, 4) is 0 Å². The lowest BCUT2D eigenvalue weighted by Crippen LogP contribution is -2.49. The highest BCUT2D eigenvalue weighted by molar-refractivity contribution is 5.74. The third kappa shape index (κ3) is 4.62. The number of carbonyl (C=O) groups is 1. The number of anilines is 2. The van der Waals surface area contributed by atoms with Gasteiger partial charge in [-0.1, -0.05) is 0 Å². The van der Waals surface area contributed by atoms with Crippen LogP contribution in [-0.4, -0.2) is 104 Å². The molecule has 2 aliphatic heterocycles. The van der Waals surface area contributed by atoms with Gasteiger partial charge in [-0.25, -0.2) is 14.8 Å². The van der Waals surface area contributed by atoms with Crippen molar-refractivity contribution >= 4 is 40.3 Å². The minimum absolute atomic E-state index is 0.0318. The number of imidazole rings is 2. The number of aliphatic hydroxyl groups excluding tert-OH is 3. The number of amides is 2. The first-order chi connectivity index (χ1) is 19.6. The maximum absolute atomic E-state index is 12.7. The number of nitrogen functional groups attached to an aromatic ring is 2. The average molecular weight is 575 g/mol. The van der Waals surface area contributed by atoms with Crippen molar-refractivity contribution in [3.63, 3.8) is 0 Å². The number of H-pyrrole nitrogens is 2. The lowest BCUT2D eigenvalue weighted by molar-refractivity contribution is -0.0336. The summed E-state index contributed by atoms with van der Waals surface area (Å²) in [5.41, 5.74) is 10.4. The summed E-state index contributed by atoms with van der Waals surface area (Å²) >= 11 is 0. The SMILES string of the molecule is Nc1nc2c(ncn2[C@@H]2O[C@H](CNC(=O)N[C@H]3C[C@H](n4cnc5c(=O)[nH]c(N)nc54)O[C@@H]3CO)[C@H](O)[C@H]2O)c(=O)[nH]1. The van der Waals surface area contributed by atoms with E-state index >= 15 is 0 Å². The Hall–Kier alpha value is -4.63. The monoisotopic (exact) mass is 574 g/mol. The molecule has 0 aromatic carbocycles. The van der Waals surface area contributed by atoms with E-state index in [1.807, 2.05) is 0 Å². The van der Waals surface area contributed by atoms with Crippen LogP contribution in [0.25, 0.3) is 22.3 Å². The molecule has 0 unspecified atom stereocenters. The van der Waals surface area contributed by atoms with Gasteiger partial charge in [0.25, 0.3) is 11.1 Å². The zero-order valence-electron chi connectivity index (χ0n) is 21.0. The van der Waals surface area contributed by atoms with Crippen LogP contribution in [0.5, 0.6) is 0 Å². The van der Waals surface area contributed by atoms with Crippen molar-refractivity contribution in [2.75, 3.05) is 24.6 Å². The summed E-state index contributed by atoms with van der Waals surface area (Å²) in [6, 6.07) is -1.31. The van der Waals surface area contributed by atoms with E-state index in [4.69, 9.17) is 20.9 Å². The van der Waals surface area contributed by atoms with Gasteiger partial charge < -0.3 is 46.9 Å². The van der Waals surface area contributed by atoms with E-state index in [1.54, 1.807) is 0 Å². The summed E-state index contributed by atoms with van der Waals surface area (Å²) in [6.45, 7) is -0.620. The van der Waals surface area contributed by atoms with E-state index in [0.717, 1.165) is 0 Å². The zero-order chi connectivity index (χ0) is 29.0. The molecule has 2 amide bonds. The van der Waals surface area contributed by atoms with Crippen molar-refractivity contribution in [1.82, 2.24) is 49.7 Å². The quantitative estimate of drug-likeness (QED) is 0.106. The third-order valence-corrected chi connectivity index (χ3v) is 7.02. The Bertz CT molecular complexity index is 1730. The highest BCUT2D eigenvalue weighted by atomic mass is 16.6. The van der Waals surface area contributed by atoms with E-state index in [-0.39, 0.29) is 47.2 Å². The number of fused-ring (bicyclic) bond motifs is 2. The van der Waals surface area contributed by atoms with Crippen LogP contribution in [0, 0.1) is 0 Å².